The topological polar surface area (TPSA) is 76.5 Å². The Labute approximate surface area is 159 Å². The fraction of sp³-hybridized carbons (Fsp3) is 0.450. The van der Waals surface area contributed by atoms with Crippen molar-refractivity contribution in [3.8, 4) is 0 Å². The van der Waals surface area contributed by atoms with Crippen LogP contribution in [0.3, 0.4) is 0 Å². The van der Waals surface area contributed by atoms with Gasteiger partial charge in [-0.05, 0) is 31.9 Å². The first kappa shape index (κ1) is 19.1. The van der Waals surface area contributed by atoms with E-state index in [0.29, 0.717) is 6.54 Å². The van der Waals surface area contributed by atoms with Crippen LogP contribution in [0, 0.1) is 13.8 Å². The van der Waals surface area contributed by atoms with E-state index < -0.39 is 12.1 Å². The molecule has 27 heavy (non-hydrogen) atoms. The standard InChI is InChI=1S/C20H26N4O3/c1-5-24-11-15(14(3)22-24)10-21-20(26)19-18(23(4)17(25)12-27-19)16-9-7-6-8-13(16)2/h6-9,11,18-19H,5,10,12H2,1-4H3,(H,21,26)/t18-,19+/m1/s1. The number of aromatic nitrogens is 2. The van der Waals surface area contributed by atoms with Crippen molar-refractivity contribution in [2.45, 2.75) is 46.0 Å². The first-order chi connectivity index (χ1) is 12.9. The first-order valence-corrected chi connectivity index (χ1v) is 9.15. The molecule has 2 amide bonds. The minimum Gasteiger partial charge on any atom is -0.356 e. The number of rotatable bonds is 5. The van der Waals surface area contributed by atoms with Gasteiger partial charge in [-0.25, -0.2) is 0 Å². The van der Waals surface area contributed by atoms with E-state index in [0.717, 1.165) is 28.9 Å². The average molecular weight is 370 g/mol. The molecule has 0 saturated carbocycles. The van der Waals surface area contributed by atoms with Crippen LogP contribution in [0.5, 0.6) is 0 Å². The van der Waals surface area contributed by atoms with Gasteiger partial charge in [0.05, 0.1) is 11.7 Å². The molecule has 0 bridgehead atoms. The second-order valence-electron chi connectivity index (χ2n) is 6.85. The molecule has 7 heteroatoms. The number of likely N-dealkylation sites (N-methyl/N-ethyl adjacent to an activating group) is 1. The quantitative estimate of drug-likeness (QED) is 0.870. The van der Waals surface area contributed by atoms with Gasteiger partial charge in [-0.2, -0.15) is 5.10 Å². The lowest BCUT2D eigenvalue weighted by molar-refractivity contribution is -0.162. The minimum absolute atomic E-state index is 0.0935. The van der Waals surface area contributed by atoms with Gasteiger partial charge in [-0.1, -0.05) is 24.3 Å². The van der Waals surface area contributed by atoms with E-state index in [1.54, 1.807) is 11.9 Å². The van der Waals surface area contributed by atoms with E-state index in [9.17, 15) is 9.59 Å². The van der Waals surface area contributed by atoms with Crippen LogP contribution in [0.2, 0.25) is 0 Å². The monoisotopic (exact) mass is 370 g/mol. The maximum absolute atomic E-state index is 12.9. The van der Waals surface area contributed by atoms with Crippen LogP contribution < -0.4 is 5.32 Å². The normalized spacial score (nSPS) is 20.0. The molecule has 1 aliphatic heterocycles. The zero-order chi connectivity index (χ0) is 19.6. The molecule has 1 saturated heterocycles. The summed E-state index contributed by atoms with van der Waals surface area (Å²) in [6.45, 7) is 6.98. The molecule has 1 aliphatic rings. The van der Waals surface area contributed by atoms with Crippen molar-refractivity contribution in [1.82, 2.24) is 20.0 Å². The van der Waals surface area contributed by atoms with Gasteiger partial charge in [0.2, 0.25) is 5.91 Å². The molecule has 2 aromatic rings. The lowest BCUT2D eigenvalue weighted by Crippen LogP contribution is -2.53. The molecule has 3 rings (SSSR count). The van der Waals surface area contributed by atoms with Crippen LogP contribution in [0.15, 0.2) is 30.5 Å². The SMILES string of the molecule is CCn1cc(CNC(=O)[C@H]2OCC(=O)N(C)[C@@H]2c2ccccc2C)c(C)n1. The van der Waals surface area contributed by atoms with Crippen molar-refractivity contribution < 1.29 is 14.3 Å². The fourth-order valence-electron chi connectivity index (χ4n) is 3.40. The number of ether oxygens (including phenoxy) is 1. The number of hydrogen-bond acceptors (Lipinski definition) is 4. The third-order valence-electron chi connectivity index (χ3n) is 5.07. The Morgan fingerprint density at radius 1 is 1.33 bits per heavy atom. The van der Waals surface area contributed by atoms with Gasteiger partial charge < -0.3 is 15.0 Å². The highest BCUT2D eigenvalue weighted by atomic mass is 16.5. The molecule has 2 atom stereocenters. The van der Waals surface area contributed by atoms with Crippen molar-refractivity contribution in [3.05, 3.63) is 52.8 Å². The summed E-state index contributed by atoms with van der Waals surface area (Å²) in [5.74, 6) is -0.362. The Balaban J connectivity index is 1.79. The summed E-state index contributed by atoms with van der Waals surface area (Å²) in [6, 6.07) is 7.31. The third kappa shape index (κ3) is 3.88. The maximum atomic E-state index is 12.9. The third-order valence-corrected chi connectivity index (χ3v) is 5.07. The van der Waals surface area contributed by atoms with Crippen LogP contribution >= 0.6 is 0 Å². The molecule has 144 valence electrons. The Kier molecular flexibility index (Phi) is 5.60. The summed E-state index contributed by atoms with van der Waals surface area (Å²) < 4.78 is 7.51. The number of carbonyl (C=O) groups excluding carboxylic acids is 2. The number of morpholine rings is 1. The summed E-state index contributed by atoms with van der Waals surface area (Å²) in [5, 5.41) is 7.34. The summed E-state index contributed by atoms with van der Waals surface area (Å²) in [4.78, 5) is 26.7. The van der Waals surface area contributed by atoms with Crippen molar-refractivity contribution in [2.24, 2.45) is 0 Å². The average Bonchev–Trinajstić information content (AvgIpc) is 3.02. The Hall–Kier alpha value is -2.67. The van der Waals surface area contributed by atoms with Gasteiger partial charge in [0.15, 0.2) is 6.10 Å². The van der Waals surface area contributed by atoms with E-state index in [4.69, 9.17) is 4.74 Å². The number of nitrogens with zero attached hydrogens (tertiary/aromatic N) is 3. The molecule has 0 radical (unpaired) electrons. The highest BCUT2D eigenvalue weighted by Crippen LogP contribution is 2.31. The van der Waals surface area contributed by atoms with Crippen LogP contribution in [0.25, 0.3) is 0 Å². The van der Waals surface area contributed by atoms with Crippen molar-refractivity contribution in [3.63, 3.8) is 0 Å². The number of carbonyl (C=O) groups is 2. The molecule has 0 aliphatic carbocycles. The molecule has 1 fully saturated rings. The summed E-state index contributed by atoms with van der Waals surface area (Å²) >= 11 is 0. The van der Waals surface area contributed by atoms with E-state index in [1.165, 1.54) is 0 Å². The molecule has 2 heterocycles. The van der Waals surface area contributed by atoms with Gasteiger partial charge in [0.25, 0.3) is 5.91 Å². The number of hydrogen-bond donors (Lipinski definition) is 1. The zero-order valence-electron chi connectivity index (χ0n) is 16.2. The largest absolute Gasteiger partial charge is 0.356 e. The van der Waals surface area contributed by atoms with Crippen molar-refractivity contribution >= 4 is 11.8 Å². The number of benzene rings is 1. The smallest absolute Gasteiger partial charge is 0.251 e. The van der Waals surface area contributed by atoms with Gasteiger partial charge in [-0.15, -0.1) is 0 Å². The van der Waals surface area contributed by atoms with Gasteiger partial charge in [0.1, 0.15) is 6.61 Å². The van der Waals surface area contributed by atoms with Gasteiger partial charge >= 0.3 is 0 Å². The lowest BCUT2D eigenvalue weighted by atomic mass is 9.94. The van der Waals surface area contributed by atoms with E-state index in [2.05, 4.69) is 10.4 Å². The Morgan fingerprint density at radius 3 is 2.74 bits per heavy atom. The van der Waals surface area contributed by atoms with E-state index in [1.807, 2.05) is 55.9 Å². The Bertz CT molecular complexity index is 846. The predicted octanol–water partition coefficient (Wildman–Crippen LogP) is 1.73. The number of aryl methyl sites for hydroxylation is 3. The molecule has 1 N–H and O–H groups in total. The van der Waals surface area contributed by atoms with Crippen molar-refractivity contribution in [1.29, 1.82) is 0 Å². The summed E-state index contributed by atoms with van der Waals surface area (Å²) in [5.41, 5.74) is 3.80. The molecular weight excluding hydrogens is 344 g/mol. The maximum Gasteiger partial charge on any atom is 0.251 e. The van der Waals surface area contributed by atoms with E-state index in [-0.39, 0.29) is 18.4 Å². The first-order valence-electron chi connectivity index (χ1n) is 9.15. The van der Waals surface area contributed by atoms with Crippen LogP contribution in [-0.4, -0.2) is 46.3 Å². The zero-order valence-corrected chi connectivity index (χ0v) is 16.2. The lowest BCUT2D eigenvalue weighted by Gasteiger charge is -2.38. The number of amides is 2. The van der Waals surface area contributed by atoms with Crippen LogP contribution in [0.1, 0.15) is 35.3 Å². The molecule has 0 spiro atoms. The van der Waals surface area contributed by atoms with Gasteiger partial charge in [0, 0.05) is 31.9 Å². The molecule has 1 aromatic carbocycles. The molecule has 7 nitrogen and oxygen atoms in total. The predicted molar refractivity (Wildman–Crippen MR) is 101 cm³/mol. The highest BCUT2D eigenvalue weighted by molar-refractivity contribution is 5.86. The molecule has 0 unspecified atom stereocenters. The second kappa shape index (κ2) is 7.92. The van der Waals surface area contributed by atoms with Crippen LogP contribution in [-0.2, 0) is 27.4 Å². The Morgan fingerprint density at radius 2 is 2.07 bits per heavy atom. The van der Waals surface area contributed by atoms with Crippen molar-refractivity contribution in [2.75, 3.05) is 13.7 Å². The summed E-state index contributed by atoms with van der Waals surface area (Å²) in [6.07, 6.45) is 1.18. The highest BCUT2D eigenvalue weighted by Gasteiger charge is 2.40. The summed E-state index contributed by atoms with van der Waals surface area (Å²) in [7, 11) is 1.72. The number of nitrogens with one attached hydrogen (secondary N) is 1. The second-order valence-corrected chi connectivity index (χ2v) is 6.85. The molecular formula is C20H26N4O3. The fourth-order valence-corrected chi connectivity index (χ4v) is 3.40. The minimum atomic E-state index is -0.754. The van der Waals surface area contributed by atoms with Gasteiger partial charge in [-0.3, -0.25) is 14.3 Å². The van der Waals surface area contributed by atoms with Crippen LogP contribution in [0.4, 0.5) is 0 Å². The van der Waals surface area contributed by atoms with E-state index >= 15 is 0 Å². The molecule has 1 aromatic heterocycles.